The molecule has 1 amide bonds. The van der Waals surface area contributed by atoms with Crippen molar-refractivity contribution in [1.29, 1.82) is 0 Å². The van der Waals surface area contributed by atoms with Crippen molar-refractivity contribution in [2.75, 3.05) is 11.4 Å². The van der Waals surface area contributed by atoms with E-state index in [0.717, 1.165) is 24.1 Å². The Balaban J connectivity index is 2.13. The maximum atomic E-state index is 12.2. The van der Waals surface area contributed by atoms with E-state index in [1.807, 2.05) is 18.7 Å². The molecule has 128 valence electrons. The van der Waals surface area contributed by atoms with Gasteiger partial charge < -0.3 is 10.2 Å². The van der Waals surface area contributed by atoms with Crippen LogP contribution < -0.4 is 15.4 Å². The Morgan fingerprint density at radius 3 is 2.78 bits per heavy atom. The molecule has 1 heterocycles. The molecule has 23 heavy (non-hydrogen) atoms. The van der Waals surface area contributed by atoms with Crippen molar-refractivity contribution in [2.24, 2.45) is 5.14 Å². The predicted octanol–water partition coefficient (Wildman–Crippen LogP) is 1.39. The van der Waals surface area contributed by atoms with Gasteiger partial charge in [0, 0.05) is 17.8 Å². The summed E-state index contributed by atoms with van der Waals surface area (Å²) in [4.78, 5) is 14.3. The van der Waals surface area contributed by atoms with Crippen LogP contribution in [-0.2, 0) is 21.2 Å². The second-order valence-electron chi connectivity index (χ2n) is 6.27. The molecule has 0 fully saturated rings. The second kappa shape index (κ2) is 6.88. The first-order valence-corrected chi connectivity index (χ1v) is 9.48. The van der Waals surface area contributed by atoms with Crippen molar-refractivity contribution < 1.29 is 13.2 Å². The number of hydrogen-bond acceptors (Lipinski definition) is 4. The Hall–Kier alpha value is -1.60. The third kappa shape index (κ3) is 4.23. The number of anilines is 1. The van der Waals surface area contributed by atoms with E-state index < -0.39 is 10.0 Å². The zero-order valence-corrected chi connectivity index (χ0v) is 14.7. The van der Waals surface area contributed by atoms with Gasteiger partial charge in [-0.2, -0.15) is 0 Å². The molecule has 0 aromatic heterocycles. The number of amides is 1. The average Bonchev–Trinajstić information content (AvgIpc) is 2.73. The minimum Gasteiger partial charge on any atom is -0.359 e. The Kier molecular flexibility index (Phi) is 5.31. The summed E-state index contributed by atoms with van der Waals surface area (Å²) in [5, 5.41) is 8.18. The number of carbonyl (C=O) groups excluding carboxylic acids is 1. The van der Waals surface area contributed by atoms with Crippen LogP contribution in [0, 0.1) is 0 Å². The first-order valence-electron chi connectivity index (χ1n) is 7.94. The van der Waals surface area contributed by atoms with Crippen LogP contribution >= 0.6 is 0 Å². The first kappa shape index (κ1) is 17.7. The molecule has 1 aromatic rings. The highest BCUT2D eigenvalue weighted by Gasteiger charge is 2.28. The van der Waals surface area contributed by atoms with Crippen LogP contribution in [0.25, 0.3) is 0 Å². The lowest BCUT2D eigenvalue weighted by molar-refractivity contribution is -0.120. The molecular formula is C16H25N3O3S. The molecular weight excluding hydrogens is 314 g/mol. The number of nitrogens with two attached hydrogens (primary N) is 1. The van der Waals surface area contributed by atoms with Gasteiger partial charge in [0.2, 0.25) is 15.9 Å². The molecule has 0 bridgehead atoms. The molecule has 0 spiro atoms. The van der Waals surface area contributed by atoms with Gasteiger partial charge in [0.1, 0.15) is 0 Å². The number of carbonyl (C=O) groups is 1. The van der Waals surface area contributed by atoms with E-state index in [1.54, 1.807) is 12.1 Å². The van der Waals surface area contributed by atoms with E-state index >= 15 is 0 Å². The van der Waals surface area contributed by atoms with Crippen LogP contribution in [0.3, 0.4) is 0 Å². The van der Waals surface area contributed by atoms with Gasteiger partial charge in [-0.25, -0.2) is 13.6 Å². The number of sulfonamides is 1. The van der Waals surface area contributed by atoms with Crippen molar-refractivity contribution in [1.82, 2.24) is 5.32 Å². The van der Waals surface area contributed by atoms with Crippen LogP contribution in [-0.4, -0.2) is 33.0 Å². The summed E-state index contributed by atoms with van der Waals surface area (Å²) in [5.74, 6) is -0.0128. The zero-order chi connectivity index (χ0) is 17.2. The number of fused-ring (bicyclic) bond motifs is 1. The van der Waals surface area contributed by atoms with Crippen molar-refractivity contribution in [3.8, 4) is 0 Å². The number of nitrogens with zero attached hydrogens (tertiary/aromatic N) is 1. The highest BCUT2D eigenvalue weighted by Crippen LogP contribution is 2.33. The van der Waals surface area contributed by atoms with E-state index in [-0.39, 0.29) is 29.4 Å². The van der Waals surface area contributed by atoms with Crippen LogP contribution in [0.4, 0.5) is 5.69 Å². The summed E-state index contributed by atoms with van der Waals surface area (Å²) in [5.41, 5.74) is 1.82. The Bertz CT molecular complexity index is 688. The van der Waals surface area contributed by atoms with E-state index in [2.05, 4.69) is 12.2 Å². The Morgan fingerprint density at radius 2 is 2.17 bits per heavy atom. The minimum atomic E-state index is -3.70. The molecule has 0 aliphatic carbocycles. The fourth-order valence-electron chi connectivity index (χ4n) is 3.07. The van der Waals surface area contributed by atoms with Gasteiger partial charge in [-0.3, -0.25) is 4.79 Å². The lowest BCUT2D eigenvalue weighted by atomic mass is 10.1. The maximum Gasteiger partial charge on any atom is 0.239 e. The average molecular weight is 339 g/mol. The largest absolute Gasteiger partial charge is 0.359 e. The second-order valence-corrected chi connectivity index (χ2v) is 7.84. The maximum absolute atomic E-state index is 12.2. The van der Waals surface area contributed by atoms with Gasteiger partial charge in [0.15, 0.2) is 0 Å². The van der Waals surface area contributed by atoms with Crippen LogP contribution in [0.15, 0.2) is 23.1 Å². The van der Waals surface area contributed by atoms with Gasteiger partial charge in [0.05, 0.1) is 11.4 Å². The third-order valence-corrected chi connectivity index (χ3v) is 5.09. The van der Waals surface area contributed by atoms with Crippen LogP contribution in [0.2, 0.25) is 0 Å². The molecule has 6 nitrogen and oxygen atoms in total. The summed E-state index contributed by atoms with van der Waals surface area (Å²) in [7, 11) is -3.70. The van der Waals surface area contributed by atoms with Crippen molar-refractivity contribution in [2.45, 2.75) is 57.0 Å². The highest BCUT2D eigenvalue weighted by atomic mass is 32.2. The van der Waals surface area contributed by atoms with Crippen molar-refractivity contribution in [3.05, 3.63) is 23.8 Å². The first-order chi connectivity index (χ1) is 10.7. The van der Waals surface area contributed by atoms with E-state index in [4.69, 9.17) is 5.14 Å². The molecule has 3 N–H and O–H groups in total. The number of primary sulfonamides is 1. The topological polar surface area (TPSA) is 92.5 Å². The van der Waals surface area contributed by atoms with Gasteiger partial charge in [0.25, 0.3) is 0 Å². The SMILES string of the molecule is CCCC(C)NC(=O)CN1c2ccc(S(N)(=O)=O)cc2CC1C. The third-order valence-electron chi connectivity index (χ3n) is 4.18. The van der Waals surface area contributed by atoms with Gasteiger partial charge in [-0.15, -0.1) is 0 Å². The quantitative estimate of drug-likeness (QED) is 0.819. The number of hydrogen-bond donors (Lipinski definition) is 2. The molecule has 2 atom stereocenters. The molecule has 7 heteroatoms. The summed E-state index contributed by atoms with van der Waals surface area (Å²) in [6, 6.07) is 5.15. The molecule has 0 radical (unpaired) electrons. The highest BCUT2D eigenvalue weighted by molar-refractivity contribution is 7.89. The number of nitrogens with one attached hydrogen (secondary N) is 1. The summed E-state index contributed by atoms with van der Waals surface area (Å²) >= 11 is 0. The molecule has 1 aliphatic heterocycles. The molecule has 0 saturated heterocycles. The summed E-state index contributed by atoms with van der Waals surface area (Å²) < 4.78 is 22.9. The normalized spacial score (nSPS) is 18.6. The number of benzene rings is 1. The zero-order valence-electron chi connectivity index (χ0n) is 13.9. The molecule has 0 saturated carbocycles. The van der Waals surface area contributed by atoms with Gasteiger partial charge >= 0.3 is 0 Å². The fourth-order valence-corrected chi connectivity index (χ4v) is 3.63. The Labute approximate surface area is 138 Å². The molecule has 1 aromatic carbocycles. The van der Waals surface area contributed by atoms with Gasteiger partial charge in [-0.05, 0) is 50.5 Å². The molecule has 1 aliphatic rings. The summed E-state index contributed by atoms with van der Waals surface area (Å²) in [6.45, 7) is 6.39. The lowest BCUT2D eigenvalue weighted by Crippen LogP contribution is -2.43. The predicted molar refractivity (Wildman–Crippen MR) is 90.8 cm³/mol. The Morgan fingerprint density at radius 1 is 1.48 bits per heavy atom. The van der Waals surface area contributed by atoms with Crippen LogP contribution in [0.1, 0.15) is 39.2 Å². The van der Waals surface area contributed by atoms with E-state index in [1.165, 1.54) is 6.07 Å². The standard InChI is InChI=1S/C16H25N3O3S/c1-4-5-11(2)18-16(20)10-19-12(3)8-13-9-14(23(17,21)22)6-7-15(13)19/h6-7,9,11-12H,4-5,8,10H2,1-3H3,(H,18,20)(H2,17,21,22). The number of rotatable bonds is 6. The van der Waals surface area contributed by atoms with Crippen molar-refractivity contribution >= 4 is 21.6 Å². The molecule has 2 unspecified atom stereocenters. The van der Waals surface area contributed by atoms with E-state index in [0.29, 0.717) is 6.42 Å². The van der Waals surface area contributed by atoms with Crippen molar-refractivity contribution in [3.63, 3.8) is 0 Å². The summed E-state index contributed by atoms with van der Waals surface area (Å²) in [6.07, 6.45) is 2.69. The smallest absolute Gasteiger partial charge is 0.239 e. The monoisotopic (exact) mass is 339 g/mol. The van der Waals surface area contributed by atoms with Crippen LogP contribution in [0.5, 0.6) is 0 Å². The van der Waals surface area contributed by atoms with E-state index in [9.17, 15) is 13.2 Å². The van der Waals surface area contributed by atoms with Gasteiger partial charge in [-0.1, -0.05) is 13.3 Å². The fraction of sp³-hybridized carbons (Fsp3) is 0.562. The molecule has 2 rings (SSSR count). The lowest BCUT2D eigenvalue weighted by Gasteiger charge is -2.25. The minimum absolute atomic E-state index is 0.0128.